The van der Waals surface area contributed by atoms with Gasteiger partial charge in [0, 0.05) is 19.1 Å². The van der Waals surface area contributed by atoms with Crippen molar-refractivity contribution in [2.24, 2.45) is 5.92 Å². The van der Waals surface area contributed by atoms with Gasteiger partial charge < -0.3 is 14.9 Å². The highest BCUT2D eigenvalue weighted by molar-refractivity contribution is 4.82. The van der Waals surface area contributed by atoms with Gasteiger partial charge in [0.05, 0.1) is 6.10 Å². The molecule has 1 heterocycles. The Morgan fingerprint density at radius 2 is 1.89 bits per heavy atom. The highest BCUT2D eigenvalue weighted by Crippen LogP contribution is 2.25. The molecule has 1 saturated heterocycles. The van der Waals surface area contributed by atoms with Crippen LogP contribution >= 0.6 is 0 Å². The van der Waals surface area contributed by atoms with Gasteiger partial charge in [-0.1, -0.05) is 19.3 Å². The molecule has 2 aliphatic rings. The van der Waals surface area contributed by atoms with Crippen molar-refractivity contribution in [1.82, 2.24) is 9.80 Å². The average Bonchev–Trinajstić information content (AvgIpc) is 2.55. The molecular formula is C15H30N2O. The minimum absolute atomic E-state index is 0.0590. The van der Waals surface area contributed by atoms with E-state index in [2.05, 4.69) is 23.9 Å². The molecule has 1 aliphatic heterocycles. The van der Waals surface area contributed by atoms with Crippen LogP contribution in [-0.4, -0.2) is 60.8 Å². The summed E-state index contributed by atoms with van der Waals surface area (Å²) in [5, 5.41) is 10.2. The van der Waals surface area contributed by atoms with Crippen LogP contribution in [0.3, 0.4) is 0 Å². The van der Waals surface area contributed by atoms with Crippen LogP contribution in [0.5, 0.6) is 0 Å². The molecule has 0 bridgehead atoms. The first kappa shape index (κ1) is 14.3. The van der Waals surface area contributed by atoms with E-state index in [-0.39, 0.29) is 6.10 Å². The van der Waals surface area contributed by atoms with Gasteiger partial charge in [-0.3, -0.25) is 0 Å². The molecule has 0 aromatic carbocycles. The maximum Gasteiger partial charge on any atom is 0.0580 e. The van der Waals surface area contributed by atoms with Gasteiger partial charge in [0.15, 0.2) is 0 Å². The summed E-state index contributed by atoms with van der Waals surface area (Å²) in [6.45, 7) is 3.52. The largest absolute Gasteiger partial charge is 0.393 e. The third-order valence-corrected chi connectivity index (χ3v) is 4.86. The fraction of sp³-hybridized carbons (Fsp3) is 1.00. The maximum atomic E-state index is 10.2. The van der Waals surface area contributed by atoms with E-state index < -0.39 is 0 Å². The molecule has 1 N–H and O–H groups in total. The number of aliphatic hydroxyl groups is 1. The van der Waals surface area contributed by atoms with E-state index >= 15 is 0 Å². The molecule has 3 nitrogen and oxygen atoms in total. The Morgan fingerprint density at radius 1 is 1.11 bits per heavy atom. The summed E-state index contributed by atoms with van der Waals surface area (Å²) in [5.41, 5.74) is 0. The van der Waals surface area contributed by atoms with Crippen LogP contribution in [0.1, 0.15) is 44.9 Å². The topological polar surface area (TPSA) is 26.7 Å². The summed E-state index contributed by atoms with van der Waals surface area (Å²) >= 11 is 0. The standard InChI is InChI=1S/C15H30N2O/c1-16-10-6-8-14(12-16)17(2)11-13-7-4-3-5-9-15(13)18/h13-15,18H,3-12H2,1-2H3. The van der Waals surface area contributed by atoms with Gasteiger partial charge in [0.1, 0.15) is 0 Å². The molecule has 2 fully saturated rings. The SMILES string of the molecule is CN1CCCC(N(C)CC2CCCCCC2O)C1. The van der Waals surface area contributed by atoms with Gasteiger partial charge in [-0.15, -0.1) is 0 Å². The van der Waals surface area contributed by atoms with Gasteiger partial charge in [-0.2, -0.15) is 0 Å². The van der Waals surface area contributed by atoms with Crippen molar-refractivity contribution >= 4 is 0 Å². The minimum Gasteiger partial charge on any atom is -0.393 e. The first-order valence-electron chi connectivity index (χ1n) is 7.73. The molecule has 1 aliphatic carbocycles. The summed E-state index contributed by atoms with van der Waals surface area (Å²) in [5.74, 6) is 0.504. The van der Waals surface area contributed by atoms with Crippen LogP contribution in [0.2, 0.25) is 0 Å². The van der Waals surface area contributed by atoms with Crippen molar-refractivity contribution < 1.29 is 5.11 Å². The number of rotatable bonds is 3. The highest BCUT2D eigenvalue weighted by Gasteiger charge is 2.27. The number of aliphatic hydroxyl groups excluding tert-OH is 1. The fourth-order valence-corrected chi connectivity index (χ4v) is 3.60. The minimum atomic E-state index is -0.0590. The van der Waals surface area contributed by atoms with E-state index in [1.54, 1.807) is 0 Å². The predicted molar refractivity (Wildman–Crippen MR) is 75.7 cm³/mol. The lowest BCUT2D eigenvalue weighted by Gasteiger charge is -2.38. The normalized spacial score (nSPS) is 35.7. The molecule has 2 rings (SSSR count). The van der Waals surface area contributed by atoms with Gasteiger partial charge in [-0.25, -0.2) is 0 Å². The molecule has 0 spiro atoms. The molecule has 18 heavy (non-hydrogen) atoms. The van der Waals surface area contributed by atoms with Crippen molar-refractivity contribution in [3.05, 3.63) is 0 Å². The maximum absolute atomic E-state index is 10.2. The molecule has 0 amide bonds. The summed E-state index contributed by atoms with van der Waals surface area (Å²) < 4.78 is 0. The number of hydrogen-bond donors (Lipinski definition) is 1. The second kappa shape index (κ2) is 6.88. The fourth-order valence-electron chi connectivity index (χ4n) is 3.60. The zero-order valence-corrected chi connectivity index (χ0v) is 12.1. The second-order valence-corrected chi connectivity index (χ2v) is 6.46. The number of piperidine rings is 1. The Labute approximate surface area is 112 Å². The lowest BCUT2D eigenvalue weighted by Crippen LogP contribution is -2.47. The molecule has 106 valence electrons. The smallest absolute Gasteiger partial charge is 0.0580 e. The van der Waals surface area contributed by atoms with Crippen LogP contribution in [0.25, 0.3) is 0 Å². The van der Waals surface area contributed by atoms with Crippen LogP contribution in [0, 0.1) is 5.92 Å². The van der Waals surface area contributed by atoms with Gasteiger partial charge in [0.2, 0.25) is 0 Å². The number of likely N-dealkylation sites (tertiary alicyclic amines) is 1. The molecule has 3 unspecified atom stereocenters. The average molecular weight is 254 g/mol. The Morgan fingerprint density at radius 3 is 2.67 bits per heavy atom. The van der Waals surface area contributed by atoms with E-state index in [0.29, 0.717) is 12.0 Å². The van der Waals surface area contributed by atoms with Gasteiger partial charge in [0.25, 0.3) is 0 Å². The summed E-state index contributed by atoms with van der Waals surface area (Å²) in [7, 11) is 4.47. The Hall–Kier alpha value is -0.120. The molecule has 3 atom stereocenters. The first-order valence-corrected chi connectivity index (χ1v) is 7.73. The third kappa shape index (κ3) is 3.94. The van der Waals surface area contributed by atoms with Crippen molar-refractivity contribution in [3.63, 3.8) is 0 Å². The van der Waals surface area contributed by atoms with Crippen LogP contribution < -0.4 is 0 Å². The van der Waals surface area contributed by atoms with Crippen LogP contribution in [0.4, 0.5) is 0 Å². The Bertz CT molecular complexity index is 247. The van der Waals surface area contributed by atoms with E-state index in [0.717, 1.165) is 13.0 Å². The highest BCUT2D eigenvalue weighted by atomic mass is 16.3. The van der Waals surface area contributed by atoms with Crippen LogP contribution in [-0.2, 0) is 0 Å². The molecular weight excluding hydrogens is 224 g/mol. The molecule has 1 saturated carbocycles. The van der Waals surface area contributed by atoms with Crippen molar-refractivity contribution in [2.75, 3.05) is 33.7 Å². The lowest BCUT2D eigenvalue weighted by atomic mass is 9.95. The van der Waals surface area contributed by atoms with E-state index in [1.807, 2.05) is 0 Å². The Kier molecular flexibility index (Phi) is 5.46. The molecule has 0 aromatic rings. The number of hydrogen-bond acceptors (Lipinski definition) is 3. The molecule has 3 heteroatoms. The number of nitrogens with zero attached hydrogens (tertiary/aromatic N) is 2. The van der Waals surface area contributed by atoms with Gasteiger partial charge in [-0.05, 0) is 52.2 Å². The van der Waals surface area contributed by atoms with Crippen molar-refractivity contribution in [2.45, 2.75) is 57.1 Å². The summed E-state index contributed by atoms with van der Waals surface area (Å²) in [6.07, 6.45) is 8.65. The summed E-state index contributed by atoms with van der Waals surface area (Å²) in [6, 6.07) is 0.694. The Balaban J connectivity index is 1.83. The lowest BCUT2D eigenvalue weighted by molar-refractivity contribution is 0.0549. The molecule has 0 aromatic heterocycles. The predicted octanol–water partition coefficient (Wildman–Crippen LogP) is 1.95. The monoisotopic (exact) mass is 254 g/mol. The van der Waals surface area contributed by atoms with E-state index in [9.17, 15) is 5.11 Å². The first-order chi connectivity index (χ1) is 8.66. The quantitative estimate of drug-likeness (QED) is 0.780. The zero-order valence-electron chi connectivity index (χ0n) is 12.1. The zero-order chi connectivity index (χ0) is 13.0. The molecule has 0 radical (unpaired) electrons. The van der Waals surface area contributed by atoms with Crippen molar-refractivity contribution in [3.8, 4) is 0 Å². The summed E-state index contributed by atoms with van der Waals surface area (Å²) in [4.78, 5) is 4.95. The number of likely N-dealkylation sites (N-methyl/N-ethyl adjacent to an activating group) is 2. The van der Waals surface area contributed by atoms with E-state index in [1.165, 1.54) is 51.6 Å². The van der Waals surface area contributed by atoms with Gasteiger partial charge >= 0.3 is 0 Å². The van der Waals surface area contributed by atoms with Crippen LogP contribution in [0.15, 0.2) is 0 Å². The van der Waals surface area contributed by atoms with E-state index in [4.69, 9.17) is 0 Å². The third-order valence-electron chi connectivity index (χ3n) is 4.86. The second-order valence-electron chi connectivity index (χ2n) is 6.46. The van der Waals surface area contributed by atoms with Crippen molar-refractivity contribution in [1.29, 1.82) is 0 Å².